The zero-order valence-corrected chi connectivity index (χ0v) is 23.3. The van der Waals surface area contributed by atoms with Crippen LogP contribution in [0.2, 0.25) is 0 Å². The van der Waals surface area contributed by atoms with E-state index in [0.29, 0.717) is 45.6 Å². The van der Waals surface area contributed by atoms with E-state index in [4.69, 9.17) is 19.9 Å². The SMILES string of the molecule is CCCCN(CCCN)C(=O)CN1C[C@H](c2ccc3c(c2)CCO3)C(C(=O)O)[C@@H]1CCc1cccc2c1OCO2. The number of carboxylic acids is 1. The van der Waals surface area contributed by atoms with Gasteiger partial charge in [0.2, 0.25) is 12.7 Å². The Morgan fingerprint density at radius 2 is 1.95 bits per heavy atom. The number of benzene rings is 2. The molecule has 0 aliphatic carbocycles. The van der Waals surface area contributed by atoms with E-state index in [1.807, 2.05) is 35.2 Å². The van der Waals surface area contributed by atoms with Crippen LogP contribution < -0.4 is 19.9 Å². The first-order valence-electron chi connectivity index (χ1n) is 14.6. The molecule has 5 rings (SSSR count). The number of fused-ring (bicyclic) bond motifs is 2. The number of rotatable bonds is 13. The summed E-state index contributed by atoms with van der Waals surface area (Å²) in [5.74, 6) is 0.671. The van der Waals surface area contributed by atoms with Gasteiger partial charge in [-0.15, -0.1) is 0 Å². The highest BCUT2D eigenvalue weighted by atomic mass is 16.7. The second-order valence-corrected chi connectivity index (χ2v) is 11.0. The van der Waals surface area contributed by atoms with Gasteiger partial charge in [0.15, 0.2) is 11.5 Å². The molecule has 0 aromatic heterocycles. The van der Waals surface area contributed by atoms with Crippen LogP contribution in [0.5, 0.6) is 17.2 Å². The number of carbonyl (C=O) groups excluding carboxylic acids is 1. The molecule has 3 N–H and O–H groups in total. The number of carboxylic acid groups (broad SMARTS) is 1. The maximum absolute atomic E-state index is 13.6. The van der Waals surface area contributed by atoms with Crippen LogP contribution >= 0.6 is 0 Å². The summed E-state index contributed by atoms with van der Waals surface area (Å²) in [7, 11) is 0. The van der Waals surface area contributed by atoms with E-state index >= 15 is 0 Å². The number of carbonyl (C=O) groups is 2. The number of hydrogen-bond donors (Lipinski definition) is 2. The van der Waals surface area contributed by atoms with Crippen LogP contribution in [0.15, 0.2) is 36.4 Å². The molecule has 2 aromatic carbocycles. The molecule has 0 radical (unpaired) electrons. The number of aliphatic carboxylic acids is 1. The van der Waals surface area contributed by atoms with Crippen molar-refractivity contribution < 1.29 is 28.9 Å². The lowest BCUT2D eigenvalue weighted by atomic mass is 9.83. The Labute approximate surface area is 236 Å². The molecule has 9 heteroatoms. The zero-order chi connectivity index (χ0) is 28.1. The number of aryl methyl sites for hydroxylation is 1. The molecule has 9 nitrogen and oxygen atoms in total. The lowest BCUT2D eigenvalue weighted by molar-refractivity contribution is -0.143. The molecular weight excluding hydrogens is 510 g/mol. The summed E-state index contributed by atoms with van der Waals surface area (Å²) in [6.45, 7) is 5.50. The Morgan fingerprint density at radius 1 is 1.10 bits per heavy atom. The summed E-state index contributed by atoms with van der Waals surface area (Å²) in [5, 5.41) is 10.5. The van der Waals surface area contributed by atoms with Gasteiger partial charge in [0.1, 0.15) is 5.75 Å². The molecule has 1 unspecified atom stereocenters. The van der Waals surface area contributed by atoms with E-state index in [9.17, 15) is 14.7 Å². The van der Waals surface area contributed by atoms with Gasteiger partial charge < -0.3 is 30.0 Å². The van der Waals surface area contributed by atoms with Crippen molar-refractivity contribution in [3.8, 4) is 17.2 Å². The van der Waals surface area contributed by atoms with Gasteiger partial charge in [-0.3, -0.25) is 14.5 Å². The van der Waals surface area contributed by atoms with Crippen molar-refractivity contribution in [2.24, 2.45) is 11.7 Å². The van der Waals surface area contributed by atoms with Crippen LogP contribution in [0.25, 0.3) is 0 Å². The van der Waals surface area contributed by atoms with Crippen LogP contribution in [-0.4, -0.2) is 78.9 Å². The molecule has 0 spiro atoms. The van der Waals surface area contributed by atoms with Gasteiger partial charge in [0.25, 0.3) is 0 Å². The van der Waals surface area contributed by atoms with Crippen LogP contribution in [0.1, 0.15) is 55.2 Å². The third-order valence-corrected chi connectivity index (χ3v) is 8.47. The minimum Gasteiger partial charge on any atom is -0.493 e. The number of unbranched alkanes of at least 4 members (excludes halogenated alkanes) is 1. The fraction of sp³-hybridized carbons (Fsp3) is 0.548. The van der Waals surface area contributed by atoms with Gasteiger partial charge >= 0.3 is 5.97 Å². The molecule has 3 atom stereocenters. The maximum atomic E-state index is 13.6. The minimum absolute atomic E-state index is 0.0383. The number of nitrogens with two attached hydrogens (primary N) is 1. The molecule has 1 fully saturated rings. The Kier molecular flexibility index (Phi) is 9.11. The Hall–Kier alpha value is -3.30. The lowest BCUT2D eigenvalue weighted by Crippen LogP contribution is -2.45. The van der Waals surface area contributed by atoms with Gasteiger partial charge in [0, 0.05) is 38.0 Å². The standard InChI is InChI=1S/C31H41N3O6/c1-2-3-14-33(15-5-13-32)28(35)19-34-18-24(22-9-11-26-23(17-22)12-16-38-26)29(31(36)37)25(34)10-8-21-6-4-7-27-30(21)40-20-39-27/h4,6-7,9,11,17,24-25,29H,2-3,5,8,10,12-16,18-20,32H2,1H3,(H,36,37)/t24-,25+,29?/m1/s1. The van der Waals surface area contributed by atoms with Crippen molar-refractivity contribution in [2.75, 3.05) is 46.1 Å². The number of ether oxygens (including phenoxy) is 3. The average molecular weight is 552 g/mol. The van der Waals surface area contributed by atoms with Crippen LogP contribution in [0, 0.1) is 5.92 Å². The number of nitrogens with zero attached hydrogens (tertiary/aromatic N) is 2. The second-order valence-electron chi connectivity index (χ2n) is 11.0. The van der Waals surface area contributed by atoms with E-state index in [0.717, 1.165) is 59.6 Å². The summed E-state index contributed by atoms with van der Waals surface area (Å²) in [4.78, 5) is 30.5. The maximum Gasteiger partial charge on any atom is 0.308 e. The van der Waals surface area contributed by atoms with E-state index in [1.54, 1.807) is 0 Å². The number of hydrogen-bond acceptors (Lipinski definition) is 7. The first-order chi connectivity index (χ1) is 19.5. The monoisotopic (exact) mass is 551 g/mol. The van der Waals surface area contributed by atoms with Gasteiger partial charge in [-0.1, -0.05) is 37.6 Å². The topological polar surface area (TPSA) is 115 Å². The highest BCUT2D eigenvalue weighted by Gasteiger charge is 2.47. The molecule has 0 bridgehead atoms. The fourth-order valence-electron chi connectivity index (χ4n) is 6.38. The second kappa shape index (κ2) is 12.9. The summed E-state index contributed by atoms with van der Waals surface area (Å²) >= 11 is 0. The quantitative estimate of drug-likeness (QED) is 0.389. The van der Waals surface area contributed by atoms with E-state index in [1.165, 1.54) is 0 Å². The molecule has 40 heavy (non-hydrogen) atoms. The molecule has 1 saturated heterocycles. The molecule has 216 valence electrons. The highest BCUT2D eigenvalue weighted by Crippen LogP contribution is 2.42. The third-order valence-electron chi connectivity index (χ3n) is 8.47. The van der Waals surface area contributed by atoms with Crippen LogP contribution in [-0.2, 0) is 22.4 Å². The summed E-state index contributed by atoms with van der Waals surface area (Å²) in [6.07, 6.45) is 4.72. The molecule has 0 saturated carbocycles. The van der Waals surface area contributed by atoms with Crippen molar-refractivity contribution in [2.45, 2.75) is 57.4 Å². The predicted molar refractivity (Wildman–Crippen MR) is 151 cm³/mol. The number of likely N-dealkylation sites (tertiary alicyclic amines) is 1. The summed E-state index contributed by atoms with van der Waals surface area (Å²) in [5.41, 5.74) is 8.87. The highest BCUT2D eigenvalue weighted by molar-refractivity contribution is 5.79. The van der Waals surface area contributed by atoms with E-state index in [2.05, 4.69) is 17.9 Å². The fourth-order valence-corrected chi connectivity index (χ4v) is 6.38. The first-order valence-corrected chi connectivity index (χ1v) is 14.6. The van der Waals surface area contributed by atoms with Crippen molar-refractivity contribution in [3.05, 3.63) is 53.1 Å². The Balaban J connectivity index is 1.41. The van der Waals surface area contributed by atoms with Crippen LogP contribution in [0.3, 0.4) is 0 Å². The van der Waals surface area contributed by atoms with Crippen molar-refractivity contribution in [3.63, 3.8) is 0 Å². The molecule has 1 amide bonds. The Bertz CT molecular complexity index is 1200. The predicted octanol–water partition coefficient (Wildman–Crippen LogP) is 3.43. The molecule has 3 aliphatic rings. The van der Waals surface area contributed by atoms with Crippen molar-refractivity contribution in [1.29, 1.82) is 0 Å². The van der Waals surface area contributed by atoms with Gasteiger partial charge in [-0.2, -0.15) is 0 Å². The number of amides is 1. The molecule has 3 aliphatic heterocycles. The van der Waals surface area contributed by atoms with Crippen molar-refractivity contribution >= 4 is 11.9 Å². The minimum atomic E-state index is -0.828. The molecule has 3 heterocycles. The first kappa shape index (κ1) is 28.2. The lowest BCUT2D eigenvalue weighted by Gasteiger charge is -2.30. The third kappa shape index (κ3) is 6.05. The van der Waals surface area contributed by atoms with Crippen molar-refractivity contribution in [1.82, 2.24) is 9.80 Å². The normalized spacial score (nSPS) is 21.3. The van der Waals surface area contributed by atoms with E-state index in [-0.39, 0.29) is 31.2 Å². The number of para-hydroxylation sites is 1. The molecule has 2 aromatic rings. The van der Waals surface area contributed by atoms with Crippen LogP contribution in [0.4, 0.5) is 0 Å². The van der Waals surface area contributed by atoms with E-state index < -0.39 is 11.9 Å². The largest absolute Gasteiger partial charge is 0.493 e. The average Bonchev–Trinajstić information content (AvgIpc) is 3.70. The van der Waals surface area contributed by atoms with Gasteiger partial charge in [-0.25, -0.2) is 0 Å². The molecular formula is C31H41N3O6. The summed E-state index contributed by atoms with van der Waals surface area (Å²) < 4.78 is 17.0. The zero-order valence-electron chi connectivity index (χ0n) is 23.3. The summed E-state index contributed by atoms with van der Waals surface area (Å²) in [6, 6.07) is 11.6. The Morgan fingerprint density at radius 3 is 2.75 bits per heavy atom. The van der Waals surface area contributed by atoms with Gasteiger partial charge in [0.05, 0.1) is 19.1 Å². The van der Waals surface area contributed by atoms with Gasteiger partial charge in [-0.05, 0) is 61.1 Å². The smallest absolute Gasteiger partial charge is 0.308 e.